The Kier molecular flexibility index (Phi) is 5.11. The minimum atomic E-state index is -3.56. The molecule has 0 saturated carbocycles. The molecule has 1 aromatic carbocycles. The van der Waals surface area contributed by atoms with Crippen LogP contribution in [0.25, 0.3) is 0 Å². The minimum Gasteiger partial charge on any atom is -0.316 e. The zero-order valence-electron chi connectivity index (χ0n) is 10.8. The van der Waals surface area contributed by atoms with Gasteiger partial charge in [0.25, 0.3) is 0 Å². The van der Waals surface area contributed by atoms with Crippen LogP contribution in [-0.2, 0) is 23.1 Å². The Morgan fingerprint density at radius 1 is 1.35 bits per heavy atom. The average molecular weight is 332 g/mol. The lowest BCUT2D eigenvalue weighted by molar-refractivity contribution is 0.581. The zero-order chi connectivity index (χ0) is 14.6. The van der Waals surface area contributed by atoms with Gasteiger partial charge in [0.1, 0.15) is 5.01 Å². The van der Waals surface area contributed by atoms with Crippen molar-refractivity contribution in [2.45, 2.75) is 18.0 Å². The molecule has 2 aromatic rings. The van der Waals surface area contributed by atoms with Crippen LogP contribution in [0.4, 0.5) is 0 Å². The van der Waals surface area contributed by atoms with Crippen LogP contribution in [0.3, 0.4) is 0 Å². The summed E-state index contributed by atoms with van der Waals surface area (Å²) in [7, 11) is -1.79. The standard InChI is InChI=1S/C12H14ClN3O2S2/c1-14-7-9-6-10(2-3-11(9)13)20(17,18)16-8-12-15-4-5-19-12/h2-6,14,16H,7-8H2,1H3. The maximum atomic E-state index is 12.2. The highest BCUT2D eigenvalue weighted by Gasteiger charge is 2.15. The van der Waals surface area contributed by atoms with Crippen LogP contribution in [0.15, 0.2) is 34.7 Å². The SMILES string of the molecule is CNCc1cc(S(=O)(=O)NCc2nccs2)ccc1Cl. The van der Waals surface area contributed by atoms with Crippen molar-refractivity contribution in [3.63, 3.8) is 0 Å². The lowest BCUT2D eigenvalue weighted by atomic mass is 10.2. The number of halogens is 1. The second-order valence-corrected chi connectivity index (χ2v) is 7.19. The predicted molar refractivity (Wildman–Crippen MR) is 80.4 cm³/mol. The van der Waals surface area contributed by atoms with E-state index in [0.717, 1.165) is 10.6 Å². The summed E-state index contributed by atoms with van der Waals surface area (Å²) in [4.78, 5) is 4.23. The van der Waals surface area contributed by atoms with Gasteiger partial charge in [0.15, 0.2) is 0 Å². The monoisotopic (exact) mass is 331 g/mol. The highest BCUT2D eigenvalue weighted by atomic mass is 35.5. The normalized spacial score (nSPS) is 11.7. The molecule has 0 radical (unpaired) electrons. The Bertz CT molecular complexity index is 672. The first kappa shape index (κ1) is 15.4. The van der Waals surface area contributed by atoms with E-state index in [1.54, 1.807) is 30.8 Å². The van der Waals surface area contributed by atoms with Crippen molar-refractivity contribution in [2.24, 2.45) is 0 Å². The average Bonchev–Trinajstić information content (AvgIpc) is 2.92. The van der Waals surface area contributed by atoms with Crippen LogP contribution in [0.1, 0.15) is 10.6 Å². The van der Waals surface area contributed by atoms with Crippen LogP contribution in [0, 0.1) is 0 Å². The van der Waals surface area contributed by atoms with E-state index in [4.69, 9.17) is 11.6 Å². The first-order valence-electron chi connectivity index (χ1n) is 5.84. The van der Waals surface area contributed by atoms with Gasteiger partial charge in [-0.15, -0.1) is 11.3 Å². The van der Waals surface area contributed by atoms with E-state index in [2.05, 4.69) is 15.0 Å². The summed E-state index contributed by atoms with van der Waals surface area (Å²) in [6, 6.07) is 4.65. The van der Waals surface area contributed by atoms with Crippen molar-refractivity contribution in [2.75, 3.05) is 7.05 Å². The molecular weight excluding hydrogens is 318 g/mol. The van der Waals surface area contributed by atoms with Gasteiger partial charge in [-0.2, -0.15) is 0 Å². The molecule has 2 N–H and O–H groups in total. The predicted octanol–water partition coefficient (Wildman–Crippen LogP) is 1.99. The summed E-state index contributed by atoms with van der Waals surface area (Å²) in [6.07, 6.45) is 1.64. The number of sulfonamides is 1. The lowest BCUT2D eigenvalue weighted by Gasteiger charge is -2.09. The second-order valence-electron chi connectivity index (χ2n) is 4.03. The molecule has 0 aliphatic carbocycles. The van der Waals surface area contributed by atoms with Gasteiger partial charge in [-0.25, -0.2) is 18.1 Å². The highest BCUT2D eigenvalue weighted by Crippen LogP contribution is 2.20. The van der Waals surface area contributed by atoms with E-state index in [0.29, 0.717) is 11.6 Å². The Hall–Kier alpha value is -0.990. The fraction of sp³-hybridized carbons (Fsp3) is 0.250. The first-order valence-corrected chi connectivity index (χ1v) is 8.58. The number of hydrogen-bond donors (Lipinski definition) is 2. The molecule has 108 valence electrons. The summed E-state index contributed by atoms with van der Waals surface area (Å²) < 4.78 is 26.9. The smallest absolute Gasteiger partial charge is 0.240 e. The zero-order valence-corrected chi connectivity index (χ0v) is 13.1. The molecule has 0 aliphatic rings. The topological polar surface area (TPSA) is 71.1 Å². The molecule has 2 rings (SSSR count). The number of aromatic nitrogens is 1. The summed E-state index contributed by atoms with van der Waals surface area (Å²) in [5.74, 6) is 0. The first-order chi connectivity index (χ1) is 9.53. The van der Waals surface area contributed by atoms with E-state index in [1.165, 1.54) is 17.4 Å². The summed E-state index contributed by atoms with van der Waals surface area (Å²) >= 11 is 7.42. The number of nitrogens with zero attached hydrogens (tertiary/aromatic N) is 1. The van der Waals surface area contributed by atoms with Gasteiger partial charge in [0.05, 0.1) is 11.4 Å². The summed E-state index contributed by atoms with van der Waals surface area (Å²) in [6.45, 7) is 0.693. The van der Waals surface area contributed by atoms with Crippen molar-refractivity contribution < 1.29 is 8.42 Å². The van der Waals surface area contributed by atoms with Crippen LogP contribution < -0.4 is 10.0 Å². The van der Waals surface area contributed by atoms with Gasteiger partial charge in [-0.05, 0) is 30.8 Å². The van der Waals surface area contributed by atoms with Gasteiger partial charge in [-0.3, -0.25) is 0 Å². The Morgan fingerprint density at radius 3 is 2.80 bits per heavy atom. The molecule has 8 heteroatoms. The van der Waals surface area contributed by atoms with E-state index in [-0.39, 0.29) is 11.4 Å². The quantitative estimate of drug-likeness (QED) is 0.849. The van der Waals surface area contributed by atoms with Crippen LogP contribution >= 0.6 is 22.9 Å². The molecule has 0 bridgehead atoms. The molecule has 0 fully saturated rings. The second kappa shape index (κ2) is 6.64. The molecular formula is C12H14ClN3O2S2. The fourth-order valence-corrected chi connectivity index (χ4v) is 3.49. The van der Waals surface area contributed by atoms with Crippen LogP contribution in [0.2, 0.25) is 5.02 Å². The van der Waals surface area contributed by atoms with Crippen molar-refractivity contribution in [3.8, 4) is 0 Å². The van der Waals surface area contributed by atoms with Gasteiger partial charge < -0.3 is 5.32 Å². The third-order valence-corrected chi connectivity index (χ3v) is 5.14. The van der Waals surface area contributed by atoms with Gasteiger partial charge >= 0.3 is 0 Å². The number of benzene rings is 1. The number of rotatable bonds is 6. The van der Waals surface area contributed by atoms with E-state index < -0.39 is 10.0 Å². The molecule has 1 aromatic heterocycles. The Balaban J connectivity index is 2.18. The van der Waals surface area contributed by atoms with E-state index in [9.17, 15) is 8.42 Å². The van der Waals surface area contributed by atoms with Gasteiger partial charge in [0, 0.05) is 23.1 Å². The highest BCUT2D eigenvalue weighted by molar-refractivity contribution is 7.89. The third-order valence-electron chi connectivity index (χ3n) is 2.59. The van der Waals surface area contributed by atoms with Gasteiger partial charge in [0.2, 0.25) is 10.0 Å². The van der Waals surface area contributed by atoms with Crippen molar-refractivity contribution in [1.29, 1.82) is 0 Å². The summed E-state index contributed by atoms with van der Waals surface area (Å²) in [5.41, 5.74) is 0.742. The Morgan fingerprint density at radius 2 is 2.15 bits per heavy atom. The molecule has 5 nitrogen and oxygen atoms in total. The molecule has 0 unspecified atom stereocenters. The van der Waals surface area contributed by atoms with E-state index >= 15 is 0 Å². The van der Waals surface area contributed by atoms with Crippen molar-refractivity contribution >= 4 is 33.0 Å². The summed E-state index contributed by atoms with van der Waals surface area (Å²) in [5, 5.41) is 6.01. The Labute approximate surface area is 127 Å². The molecule has 0 amide bonds. The molecule has 0 saturated heterocycles. The molecule has 1 heterocycles. The van der Waals surface area contributed by atoms with Gasteiger partial charge in [-0.1, -0.05) is 11.6 Å². The van der Waals surface area contributed by atoms with Crippen molar-refractivity contribution in [1.82, 2.24) is 15.0 Å². The maximum absolute atomic E-state index is 12.2. The van der Waals surface area contributed by atoms with Crippen molar-refractivity contribution in [3.05, 3.63) is 45.4 Å². The largest absolute Gasteiger partial charge is 0.316 e. The number of nitrogens with one attached hydrogen (secondary N) is 2. The third kappa shape index (κ3) is 3.77. The molecule has 20 heavy (non-hydrogen) atoms. The maximum Gasteiger partial charge on any atom is 0.240 e. The fourth-order valence-electron chi connectivity index (χ4n) is 1.62. The molecule has 0 atom stereocenters. The van der Waals surface area contributed by atoms with Crippen LogP contribution in [0.5, 0.6) is 0 Å². The number of thiazole rings is 1. The molecule has 0 spiro atoms. The lowest BCUT2D eigenvalue weighted by Crippen LogP contribution is -2.23. The van der Waals surface area contributed by atoms with Crippen LogP contribution in [-0.4, -0.2) is 20.4 Å². The minimum absolute atomic E-state index is 0.185. The van der Waals surface area contributed by atoms with E-state index in [1.807, 2.05) is 0 Å². The molecule has 0 aliphatic heterocycles. The number of hydrogen-bond acceptors (Lipinski definition) is 5.